The van der Waals surface area contributed by atoms with E-state index in [1.54, 1.807) is 12.3 Å². The highest BCUT2D eigenvalue weighted by molar-refractivity contribution is 7.09. The molecule has 0 unspecified atom stereocenters. The van der Waals surface area contributed by atoms with Gasteiger partial charge in [0.05, 0.1) is 0 Å². The minimum atomic E-state index is 0.643. The van der Waals surface area contributed by atoms with E-state index in [1.807, 2.05) is 14.0 Å². The third-order valence-electron chi connectivity index (χ3n) is 1.65. The minimum absolute atomic E-state index is 0.643. The summed E-state index contributed by atoms with van der Waals surface area (Å²) < 4.78 is 4.18. The number of aryl methyl sites for hydroxylation is 1. The number of aromatic nitrogens is 4. The Morgan fingerprint density at radius 2 is 2.21 bits per heavy atom. The van der Waals surface area contributed by atoms with E-state index in [4.69, 9.17) is 0 Å². The van der Waals surface area contributed by atoms with Gasteiger partial charge in [0.15, 0.2) is 5.82 Å². The smallest absolute Gasteiger partial charge is 0.202 e. The zero-order chi connectivity index (χ0) is 9.97. The molecule has 2 aromatic heterocycles. The molecule has 0 saturated heterocycles. The van der Waals surface area contributed by atoms with Crippen LogP contribution in [0.3, 0.4) is 0 Å². The minimum Gasteiger partial charge on any atom is -0.363 e. The zero-order valence-corrected chi connectivity index (χ0v) is 8.67. The summed E-state index contributed by atoms with van der Waals surface area (Å²) in [4.78, 5) is 12.5. The molecule has 72 valence electrons. The van der Waals surface area contributed by atoms with E-state index in [0.717, 1.165) is 16.6 Å². The number of nitrogens with zero attached hydrogens (tertiary/aromatic N) is 4. The van der Waals surface area contributed by atoms with Crippen LogP contribution in [0.1, 0.15) is 5.82 Å². The zero-order valence-electron chi connectivity index (χ0n) is 7.85. The lowest BCUT2D eigenvalue weighted by Crippen LogP contribution is -1.91. The molecule has 0 amide bonds. The predicted octanol–water partition coefficient (Wildman–Crippen LogP) is 1.35. The normalized spacial score (nSPS) is 10.1. The molecular weight excluding hydrogens is 198 g/mol. The van der Waals surface area contributed by atoms with Crippen LogP contribution in [0.15, 0.2) is 12.3 Å². The maximum atomic E-state index is 4.25. The van der Waals surface area contributed by atoms with Crippen LogP contribution in [0.2, 0.25) is 0 Å². The van der Waals surface area contributed by atoms with Crippen molar-refractivity contribution in [1.29, 1.82) is 0 Å². The molecule has 0 aromatic carbocycles. The maximum absolute atomic E-state index is 4.25. The summed E-state index contributed by atoms with van der Waals surface area (Å²) in [7, 11) is 1.82. The van der Waals surface area contributed by atoms with Gasteiger partial charge in [-0.2, -0.15) is 9.36 Å². The number of hydrogen-bond acceptors (Lipinski definition) is 6. The Hall–Kier alpha value is -1.56. The van der Waals surface area contributed by atoms with Gasteiger partial charge in [-0.25, -0.2) is 9.97 Å². The van der Waals surface area contributed by atoms with Crippen molar-refractivity contribution in [2.45, 2.75) is 6.92 Å². The molecule has 0 saturated carbocycles. The second-order valence-corrected chi connectivity index (χ2v) is 3.41. The van der Waals surface area contributed by atoms with E-state index < -0.39 is 0 Å². The van der Waals surface area contributed by atoms with Crippen molar-refractivity contribution in [2.75, 3.05) is 12.4 Å². The molecule has 0 fully saturated rings. The summed E-state index contributed by atoms with van der Waals surface area (Å²) in [5, 5.41) is 3.72. The molecule has 6 heteroatoms. The molecule has 0 bridgehead atoms. The van der Waals surface area contributed by atoms with Gasteiger partial charge < -0.3 is 5.32 Å². The summed E-state index contributed by atoms with van der Waals surface area (Å²) in [6, 6.07) is 1.80. The maximum Gasteiger partial charge on any atom is 0.202 e. The van der Waals surface area contributed by atoms with Crippen molar-refractivity contribution in [3.63, 3.8) is 0 Å². The second kappa shape index (κ2) is 3.67. The molecule has 0 radical (unpaired) electrons. The highest BCUT2D eigenvalue weighted by Gasteiger charge is 2.06. The Morgan fingerprint density at radius 1 is 1.36 bits per heavy atom. The van der Waals surface area contributed by atoms with Crippen molar-refractivity contribution in [3.05, 3.63) is 18.1 Å². The molecule has 1 N–H and O–H groups in total. The first-order chi connectivity index (χ1) is 6.79. The second-order valence-electron chi connectivity index (χ2n) is 2.66. The van der Waals surface area contributed by atoms with E-state index in [-0.39, 0.29) is 0 Å². The first-order valence-electron chi connectivity index (χ1n) is 4.11. The highest BCUT2D eigenvalue weighted by Crippen LogP contribution is 2.18. The van der Waals surface area contributed by atoms with Crippen LogP contribution in [0.4, 0.5) is 5.13 Å². The average molecular weight is 207 g/mol. The van der Waals surface area contributed by atoms with Crippen LogP contribution in [0.25, 0.3) is 11.5 Å². The molecule has 0 aliphatic carbocycles. The van der Waals surface area contributed by atoms with Gasteiger partial charge in [0, 0.05) is 24.8 Å². The first-order valence-corrected chi connectivity index (χ1v) is 4.88. The van der Waals surface area contributed by atoms with Gasteiger partial charge in [-0.1, -0.05) is 0 Å². The predicted molar refractivity (Wildman–Crippen MR) is 55.2 cm³/mol. The van der Waals surface area contributed by atoms with Crippen LogP contribution in [0.5, 0.6) is 0 Å². The van der Waals surface area contributed by atoms with Gasteiger partial charge in [0.1, 0.15) is 11.5 Å². The summed E-state index contributed by atoms with van der Waals surface area (Å²) in [5.41, 5.74) is 0.759. The van der Waals surface area contributed by atoms with Crippen LogP contribution < -0.4 is 5.32 Å². The summed E-state index contributed by atoms with van der Waals surface area (Å²) in [6.07, 6.45) is 1.71. The van der Waals surface area contributed by atoms with Gasteiger partial charge in [-0.05, 0) is 13.0 Å². The standard InChI is InChI=1S/C8H9N5S/c1-5-10-4-3-6(11-5)7-12-8(9-2)14-13-7/h3-4H,1-2H3,(H,9,12,13). The molecule has 0 aliphatic rings. The van der Waals surface area contributed by atoms with E-state index >= 15 is 0 Å². The number of rotatable bonds is 2. The summed E-state index contributed by atoms with van der Waals surface area (Å²) in [6.45, 7) is 1.84. The topological polar surface area (TPSA) is 63.6 Å². The Kier molecular flexibility index (Phi) is 2.36. The summed E-state index contributed by atoms with van der Waals surface area (Å²) in [5.74, 6) is 1.37. The monoisotopic (exact) mass is 207 g/mol. The largest absolute Gasteiger partial charge is 0.363 e. The third-order valence-corrected chi connectivity index (χ3v) is 2.38. The number of hydrogen-bond donors (Lipinski definition) is 1. The van der Waals surface area contributed by atoms with Crippen molar-refractivity contribution in [3.8, 4) is 11.5 Å². The van der Waals surface area contributed by atoms with Crippen molar-refractivity contribution >= 4 is 16.7 Å². The van der Waals surface area contributed by atoms with Gasteiger partial charge in [0.25, 0.3) is 0 Å². The number of anilines is 1. The molecule has 2 aromatic rings. The third kappa shape index (κ3) is 1.69. The van der Waals surface area contributed by atoms with Gasteiger partial charge >= 0.3 is 0 Å². The van der Waals surface area contributed by atoms with Gasteiger partial charge in [-0.3, -0.25) is 0 Å². The molecule has 5 nitrogen and oxygen atoms in total. The lowest BCUT2D eigenvalue weighted by molar-refractivity contribution is 1.05. The SMILES string of the molecule is CNc1nc(-c2ccnc(C)n2)ns1. The molecule has 0 aliphatic heterocycles. The van der Waals surface area contributed by atoms with E-state index in [2.05, 4.69) is 24.6 Å². The van der Waals surface area contributed by atoms with E-state index in [1.165, 1.54) is 11.5 Å². The molecule has 0 spiro atoms. The van der Waals surface area contributed by atoms with E-state index in [9.17, 15) is 0 Å². The van der Waals surface area contributed by atoms with Crippen molar-refractivity contribution < 1.29 is 0 Å². The Labute approximate surface area is 85.4 Å². The lowest BCUT2D eigenvalue weighted by Gasteiger charge is -1.94. The van der Waals surface area contributed by atoms with E-state index in [0.29, 0.717) is 5.82 Å². The Morgan fingerprint density at radius 3 is 2.86 bits per heavy atom. The fraction of sp³-hybridized carbons (Fsp3) is 0.250. The first kappa shape index (κ1) is 9.01. The molecule has 2 rings (SSSR count). The lowest BCUT2D eigenvalue weighted by atomic mass is 10.4. The fourth-order valence-corrected chi connectivity index (χ4v) is 1.54. The van der Waals surface area contributed by atoms with Crippen LogP contribution in [0, 0.1) is 6.92 Å². The molecular formula is C8H9N5S. The molecule has 0 atom stereocenters. The fourth-order valence-electron chi connectivity index (χ4n) is 1.01. The van der Waals surface area contributed by atoms with Crippen molar-refractivity contribution in [2.24, 2.45) is 0 Å². The van der Waals surface area contributed by atoms with Crippen LogP contribution in [-0.2, 0) is 0 Å². The average Bonchev–Trinajstić information content (AvgIpc) is 2.66. The van der Waals surface area contributed by atoms with Gasteiger partial charge in [-0.15, -0.1) is 0 Å². The Bertz CT molecular complexity index is 439. The quantitative estimate of drug-likeness (QED) is 0.805. The van der Waals surface area contributed by atoms with Gasteiger partial charge in [0.2, 0.25) is 5.13 Å². The molecule has 2 heterocycles. The molecule has 14 heavy (non-hydrogen) atoms. The summed E-state index contributed by atoms with van der Waals surface area (Å²) >= 11 is 1.32. The van der Waals surface area contributed by atoms with Crippen LogP contribution in [-0.4, -0.2) is 26.4 Å². The van der Waals surface area contributed by atoms with Crippen LogP contribution >= 0.6 is 11.5 Å². The Balaban J connectivity index is 2.39. The number of nitrogens with one attached hydrogen (secondary N) is 1. The highest BCUT2D eigenvalue weighted by atomic mass is 32.1. The van der Waals surface area contributed by atoms with Crippen molar-refractivity contribution in [1.82, 2.24) is 19.3 Å².